The van der Waals surface area contributed by atoms with E-state index >= 15 is 0 Å². The van der Waals surface area contributed by atoms with Gasteiger partial charge in [0, 0.05) is 12.6 Å². The van der Waals surface area contributed by atoms with E-state index in [1.54, 1.807) is 0 Å². The van der Waals surface area contributed by atoms with Gasteiger partial charge >= 0.3 is 0 Å². The van der Waals surface area contributed by atoms with Crippen molar-refractivity contribution in [2.24, 2.45) is 17.6 Å². The van der Waals surface area contributed by atoms with Gasteiger partial charge < -0.3 is 10.6 Å². The van der Waals surface area contributed by atoms with Gasteiger partial charge in [0.05, 0.1) is 0 Å². The van der Waals surface area contributed by atoms with Crippen LogP contribution in [-0.4, -0.2) is 31.1 Å². The van der Waals surface area contributed by atoms with Crippen LogP contribution in [0.5, 0.6) is 0 Å². The van der Waals surface area contributed by atoms with Gasteiger partial charge in [-0.25, -0.2) is 0 Å². The summed E-state index contributed by atoms with van der Waals surface area (Å²) in [7, 11) is 2.30. The van der Waals surface area contributed by atoms with Crippen molar-refractivity contribution in [1.29, 1.82) is 0 Å². The van der Waals surface area contributed by atoms with Crippen LogP contribution in [0.2, 0.25) is 0 Å². The summed E-state index contributed by atoms with van der Waals surface area (Å²) in [6.07, 6.45) is 8.16. The van der Waals surface area contributed by atoms with Crippen LogP contribution in [0.15, 0.2) is 0 Å². The normalized spacial score (nSPS) is 29.1. The molecule has 16 heavy (non-hydrogen) atoms. The van der Waals surface area contributed by atoms with Gasteiger partial charge in [0.1, 0.15) is 0 Å². The van der Waals surface area contributed by atoms with Crippen LogP contribution in [0.4, 0.5) is 0 Å². The first-order valence-electron chi connectivity index (χ1n) is 7.09. The maximum atomic E-state index is 5.94. The van der Waals surface area contributed by atoms with E-state index in [0.717, 1.165) is 24.4 Å². The summed E-state index contributed by atoms with van der Waals surface area (Å²) in [6, 6.07) is 0.737. The molecule has 96 valence electrons. The van der Waals surface area contributed by atoms with E-state index < -0.39 is 0 Å². The fraction of sp³-hybridized carbons (Fsp3) is 1.00. The molecule has 0 bridgehead atoms. The molecule has 0 aromatic heterocycles. The van der Waals surface area contributed by atoms with Crippen molar-refractivity contribution < 1.29 is 0 Å². The molecule has 1 aliphatic carbocycles. The first-order chi connectivity index (χ1) is 7.69. The van der Waals surface area contributed by atoms with Gasteiger partial charge in [-0.05, 0) is 38.3 Å². The third kappa shape index (κ3) is 4.06. The number of rotatable bonds is 5. The minimum absolute atomic E-state index is 0.733. The highest BCUT2D eigenvalue weighted by Crippen LogP contribution is 2.26. The van der Waals surface area contributed by atoms with Gasteiger partial charge in [-0.2, -0.15) is 0 Å². The van der Waals surface area contributed by atoms with Gasteiger partial charge in [-0.15, -0.1) is 0 Å². The standard InChI is InChI=1S/C14H30N2/c1-4-12(2)11-16(3)14-9-7-5-6-8-13(14)10-15/h12-14H,4-11,15H2,1-3H3. The Kier molecular flexibility index (Phi) is 6.37. The molecule has 2 N–H and O–H groups in total. The molecule has 1 rings (SSSR count). The zero-order chi connectivity index (χ0) is 12.0. The number of hydrogen-bond acceptors (Lipinski definition) is 2. The second-order valence-electron chi connectivity index (χ2n) is 5.65. The van der Waals surface area contributed by atoms with Crippen molar-refractivity contribution in [2.75, 3.05) is 20.1 Å². The average molecular weight is 226 g/mol. The quantitative estimate of drug-likeness (QED) is 0.730. The fourth-order valence-corrected chi connectivity index (χ4v) is 2.98. The van der Waals surface area contributed by atoms with Crippen molar-refractivity contribution in [3.05, 3.63) is 0 Å². The number of nitrogens with zero attached hydrogens (tertiary/aromatic N) is 1. The van der Waals surface area contributed by atoms with Gasteiger partial charge in [0.25, 0.3) is 0 Å². The summed E-state index contributed by atoms with van der Waals surface area (Å²) >= 11 is 0. The number of nitrogens with two attached hydrogens (primary N) is 1. The second-order valence-corrected chi connectivity index (χ2v) is 5.65. The summed E-state index contributed by atoms with van der Waals surface area (Å²) in [5.74, 6) is 1.54. The minimum Gasteiger partial charge on any atom is -0.330 e. The molecule has 1 aliphatic rings. The van der Waals surface area contributed by atoms with Gasteiger partial charge in [0.15, 0.2) is 0 Å². The third-order valence-corrected chi connectivity index (χ3v) is 4.28. The van der Waals surface area contributed by atoms with Crippen LogP contribution in [-0.2, 0) is 0 Å². The van der Waals surface area contributed by atoms with Crippen LogP contribution in [0.25, 0.3) is 0 Å². The Labute approximate surface area is 102 Å². The van der Waals surface area contributed by atoms with Crippen molar-refractivity contribution in [3.63, 3.8) is 0 Å². The summed E-state index contributed by atoms with van der Waals surface area (Å²) in [5.41, 5.74) is 5.94. The molecule has 0 saturated heterocycles. The Hall–Kier alpha value is -0.0800. The molecule has 0 aromatic rings. The van der Waals surface area contributed by atoms with Crippen molar-refractivity contribution in [1.82, 2.24) is 4.90 Å². The lowest BCUT2D eigenvalue weighted by molar-refractivity contribution is 0.148. The first-order valence-corrected chi connectivity index (χ1v) is 7.09. The smallest absolute Gasteiger partial charge is 0.0133 e. The molecule has 2 nitrogen and oxygen atoms in total. The SMILES string of the molecule is CCC(C)CN(C)C1CCCCCC1CN. The van der Waals surface area contributed by atoms with E-state index in [0.29, 0.717) is 0 Å². The zero-order valence-corrected chi connectivity index (χ0v) is 11.4. The van der Waals surface area contributed by atoms with Gasteiger partial charge in [0.2, 0.25) is 0 Å². The maximum absolute atomic E-state index is 5.94. The van der Waals surface area contributed by atoms with E-state index in [1.807, 2.05) is 0 Å². The largest absolute Gasteiger partial charge is 0.330 e. The topological polar surface area (TPSA) is 29.3 Å². The second kappa shape index (κ2) is 7.29. The molecule has 0 aromatic carbocycles. The summed E-state index contributed by atoms with van der Waals surface area (Å²) < 4.78 is 0. The lowest BCUT2D eigenvalue weighted by atomic mass is 9.93. The molecule has 0 amide bonds. The Bertz CT molecular complexity index is 182. The molecule has 3 atom stereocenters. The van der Waals surface area contributed by atoms with Gasteiger partial charge in [-0.1, -0.05) is 39.5 Å². The van der Waals surface area contributed by atoms with Crippen molar-refractivity contribution in [2.45, 2.75) is 58.4 Å². The Morgan fingerprint density at radius 2 is 1.94 bits per heavy atom. The highest BCUT2D eigenvalue weighted by Gasteiger charge is 2.26. The lowest BCUT2D eigenvalue weighted by Crippen LogP contribution is -2.42. The van der Waals surface area contributed by atoms with E-state index in [2.05, 4.69) is 25.8 Å². The Morgan fingerprint density at radius 1 is 1.25 bits per heavy atom. The van der Waals surface area contributed by atoms with Crippen LogP contribution in [0, 0.1) is 11.8 Å². The maximum Gasteiger partial charge on any atom is 0.0133 e. The average Bonchev–Trinajstić information content (AvgIpc) is 2.53. The first kappa shape index (κ1) is 14.0. The summed E-state index contributed by atoms with van der Waals surface area (Å²) in [6.45, 7) is 6.74. The summed E-state index contributed by atoms with van der Waals surface area (Å²) in [4.78, 5) is 2.58. The fourth-order valence-electron chi connectivity index (χ4n) is 2.98. The highest BCUT2D eigenvalue weighted by atomic mass is 15.1. The highest BCUT2D eigenvalue weighted by molar-refractivity contribution is 4.81. The van der Waals surface area contributed by atoms with Crippen molar-refractivity contribution in [3.8, 4) is 0 Å². The molecule has 3 unspecified atom stereocenters. The monoisotopic (exact) mass is 226 g/mol. The molecule has 0 spiro atoms. The van der Waals surface area contributed by atoms with E-state index in [4.69, 9.17) is 5.73 Å². The van der Waals surface area contributed by atoms with Crippen molar-refractivity contribution >= 4 is 0 Å². The number of hydrogen-bond donors (Lipinski definition) is 1. The molecular formula is C14H30N2. The molecule has 1 fully saturated rings. The summed E-state index contributed by atoms with van der Waals surface area (Å²) in [5, 5.41) is 0. The van der Waals surface area contributed by atoms with E-state index in [-0.39, 0.29) is 0 Å². The zero-order valence-electron chi connectivity index (χ0n) is 11.4. The predicted octanol–water partition coefficient (Wildman–Crippen LogP) is 2.87. The molecule has 2 heteroatoms. The predicted molar refractivity (Wildman–Crippen MR) is 71.5 cm³/mol. The lowest BCUT2D eigenvalue weighted by Gasteiger charge is -2.34. The van der Waals surface area contributed by atoms with E-state index in [9.17, 15) is 0 Å². The van der Waals surface area contributed by atoms with Crippen LogP contribution < -0.4 is 5.73 Å². The molecule has 1 saturated carbocycles. The molecular weight excluding hydrogens is 196 g/mol. The van der Waals surface area contributed by atoms with Crippen LogP contribution in [0.1, 0.15) is 52.4 Å². The Morgan fingerprint density at radius 3 is 2.56 bits per heavy atom. The Balaban J connectivity index is 2.51. The molecule has 0 aliphatic heterocycles. The molecule has 0 heterocycles. The van der Waals surface area contributed by atoms with Crippen LogP contribution in [0.3, 0.4) is 0 Å². The third-order valence-electron chi connectivity index (χ3n) is 4.28. The van der Waals surface area contributed by atoms with Gasteiger partial charge in [-0.3, -0.25) is 0 Å². The van der Waals surface area contributed by atoms with Crippen LogP contribution >= 0.6 is 0 Å². The van der Waals surface area contributed by atoms with E-state index in [1.165, 1.54) is 45.1 Å². The minimum atomic E-state index is 0.733. The molecule has 0 radical (unpaired) electrons.